The summed E-state index contributed by atoms with van der Waals surface area (Å²) in [5.41, 5.74) is 5.60. The maximum atomic E-state index is 13.1. The zero-order valence-electron chi connectivity index (χ0n) is 18.1. The zero-order valence-corrected chi connectivity index (χ0v) is 18.1. The first kappa shape index (κ1) is 18.4. The quantitative estimate of drug-likeness (QED) is 0.787. The SMILES string of the molecule is Cc1nn(CCC(=O)N2C[C@@H]3C[C@H](C2)c2cccc(=O)n2C3)c2c1[C@H]1[C@@H](C2)C1(C)C. The van der Waals surface area contributed by atoms with Gasteiger partial charge in [0.05, 0.1) is 5.69 Å². The molecule has 0 N–H and O–H groups in total. The van der Waals surface area contributed by atoms with Gasteiger partial charge in [-0.25, -0.2) is 0 Å². The highest BCUT2D eigenvalue weighted by atomic mass is 16.2. The van der Waals surface area contributed by atoms with Crippen LogP contribution in [-0.4, -0.2) is 38.2 Å². The van der Waals surface area contributed by atoms with E-state index in [1.54, 1.807) is 6.07 Å². The van der Waals surface area contributed by atoms with Gasteiger partial charge in [-0.15, -0.1) is 0 Å². The molecule has 1 saturated carbocycles. The monoisotopic (exact) mass is 406 g/mol. The Bertz CT molecular complexity index is 1110. The lowest BCUT2D eigenvalue weighted by atomic mass is 9.83. The molecule has 2 fully saturated rings. The van der Waals surface area contributed by atoms with Crippen molar-refractivity contribution in [1.29, 1.82) is 0 Å². The minimum absolute atomic E-state index is 0.0890. The number of fused-ring (bicyclic) bond motifs is 7. The van der Waals surface area contributed by atoms with Gasteiger partial charge >= 0.3 is 0 Å². The van der Waals surface area contributed by atoms with E-state index < -0.39 is 0 Å². The van der Waals surface area contributed by atoms with E-state index in [2.05, 4.69) is 31.5 Å². The molecule has 2 aromatic rings. The predicted octanol–water partition coefficient (Wildman–Crippen LogP) is 2.68. The van der Waals surface area contributed by atoms with Crippen LogP contribution in [-0.2, 0) is 24.3 Å². The van der Waals surface area contributed by atoms with Gasteiger partial charge in [-0.3, -0.25) is 14.3 Å². The van der Waals surface area contributed by atoms with Crippen molar-refractivity contribution in [2.24, 2.45) is 17.3 Å². The Balaban J connectivity index is 1.15. The van der Waals surface area contributed by atoms with E-state index in [0.717, 1.165) is 49.8 Å². The van der Waals surface area contributed by atoms with Crippen LogP contribution in [0.3, 0.4) is 0 Å². The van der Waals surface area contributed by atoms with Crippen molar-refractivity contribution in [1.82, 2.24) is 19.2 Å². The Labute approximate surface area is 176 Å². The van der Waals surface area contributed by atoms with Gasteiger partial charge in [0.25, 0.3) is 5.56 Å². The summed E-state index contributed by atoms with van der Waals surface area (Å²) in [6.45, 7) is 9.77. The lowest BCUT2D eigenvalue weighted by molar-refractivity contribution is -0.134. The van der Waals surface area contributed by atoms with Crippen LogP contribution < -0.4 is 5.56 Å². The van der Waals surface area contributed by atoms with E-state index in [-0.39, 0.29) is 17.4 Å². The van der Waals surface area contributed by atoms with Crippen LogP contribution in [0.1, 0.15) is 61.2 Å². The molecular weight excluding hydrogens is 376 g/mol. The van der Waals surface area contributed by atoms with Gasteiger partial charge in [0, 0.05) is 61.5 Å². The number of aromatic nitrogens is 3. The molecule has 4 heterocycles. The Morgan fingerprint density at radius 1 is 1.23 bits per heavy atom. The first-order valence-corrected chi connectivity index (χ1v) is 11.4. The number of nitrogens with zero attached hydrogens (tertiary/aromatic N) is 4. The second-order valence-electron chi connectivity index (χ2n) is 10.5. The molecule has 6 nitrogen and oxygen atoms in total. The van der Waals surface area contributed by atoms with Crippen LogP contribution in [0.15, 0.2) is 23.0 Å². The van der Waals surface area contributed by atoms with Gasteiger partial charge in [0.2, 0.25) is 5.91 Å². The van der Waals surface area contributed by atoms with Crippen molar-refractivity contribution < 1.29 is 4.79 Å². The number of aryl methyl sites for hydroxylation is 2. The van der Waals surface area contributed by atoms with Crippen LogP contribution in [0, 0.1) is 24.2 Å². The Kier molecular flexibility index (Phi) is 3.73. The highest BCUT2D eigenvalue weighted by Crippen LogP contribution is 2.70. The second kappa shape index (κ2) is 6.08. The van der Waals surface area contributed by atoms with Gasteiger partial charge in [-0.05, 0) is 49.0 Å². The zero-order chi connectivity index (χ0) is 20.8. The van der Waals surface area contributed by atoms with Gasteiger partial charge in [0.15, 0.2) is 0 Å². The fraction of sp³-hybridized carbons (Fsp3) is 0.625. The number of hydrogen-bond donors (Lipinski definition) is 0. The van der Waals surface area contributed by atoms with Crippen LogP contribution in [0.2, 0.25) is 0 Å². The molecule has 2 bridgehead atoms. The number of rotatable bonds is 3. The molecule has 30 heavy (non-hydrogen) atoms. The van der Waals surface area contributed by atoms with Crippen molar-refractivity contribution in [2.45, 2.75) is 65.0 Å². The molecule has 2 aromatic heterocycles. The molecule has 1 saturated heterocycles. The molecular formula is C24H30N4O2. The van der Waals surface area contributed by atoms with Crippen LogP contribution in [0.4, 0.5) is 0 Å². The third-order valence-electron chi connectivity index (χ3n) is 8.43. The Morgan fingerprint density at radius 3 is 2.90 bits per heavy atom. The Morgan fingerprint density at radius 2 is 2.07 bits per heavy atom. The number of piperidine rings is 1. The summed E-state index contributed by atoms with van der Waals surface area (Å²) in [6, 6.07) is 5.55. The number of pyridine rings is 1. The minimum atomic E-state index is 0.0890. The summed E-state index contributed by atoms with van der Waals surface area (Å²) in [5, 5.41) is 4.80. The number of carbonyl (C=O) groups excluding carboxylic acids is 1. The van der Waals surface area contributed by atoms with E-state index in [9.17, 15) is 9.59 Å². The summed E-state index contributed by atoms with van der Waals surface area (Å²) in [4.78, 5) is 27.3. The molecule has 0 aromatic carbocycles. The van der Waals surface area contributed by atoms with E-state index in [4.69, 9.17) is 5.10 Å². The molecule has 4 atom stereocenters. The molecule has 0 radical (unpaired) electrons. The van der Waals surface area contributed by atoms with Crippen molar-refractivity contribution in [3.8, 4) is 0 Å². The third kappa shape index (κ3) is 2.51. The van der Waals surface area contributed by atoms with Crippen LogP contribution >= 0.6 is 0 Å². The first-order chi connectivity index (χ1) is 14.3. The average Bonchev–Trinajstić information content (AvgIpc) is 3.02. The highest BCUT2D eigenvalue weighted by molar-refractivity contribution is 5.76. The molecule has 6 heteroatoms. The molecule has 4 aliphatic rings. The summed E-state index contributed by atoms with van der Waals surface area (Å²) < 4.78 is 4.04. The van der Waals surface area contributed by atoms with Gasteiger partial charge < -0.3 is 9.47 Å². The van der Waals surface area contributed by atoms with E-state index in [1.807, 2.05) is 15.5 Å². The third-order valence-corrected chi connectivity index (χ3v) is 8.43. The van der Waals surface area contributed by atoms with Crippen molar-refractivity contribution in [3.05, 3.63) is 51.2 Å². The van der Waals surface area contributed by atoms with Crippen molar-refractivity contribution in [2.75, 3.05) is 13.1 Å². The molecule has 1 amide bonds. The van der Waals surface area contributed by atoms with Crippen LogP contribution in [0.25, 0.3) is 0 Å². The van der Waals surface area contributed by atoms with Crippen molar-refractivity contribution in [3.63, 3.8) is 0 Å². The second-order valence-corrected chi connectivity index (χ2v) is 10.5. The van der Waals surface area contributed by atoms with Crippen molar-refractivity contribution >= 4 is 5.91 Å². The summed E-state index contributed by atoms with van der Waals surface area (Å²) in [7, 11) is 0. The van der Waals surface area contributed by atoms with E-state index in [1.165, 1.54) is 11.3 Å². The standard InChI is InChI=1S/C24H30N4O2/c1-14-22-19(10-17-23(22)24(17,2)3)28(25-14)8-7-20(29)26-11-15-9-16(13-26)18-5-4-6-21(30)27(18)12-15/h4-6,15-17,23H,7-13H2,1-3H3/t15-,16+,17+,23+/m0/s1. The lowest BCUT2D eigenvalue weighted by Gasteiger charge is -2.42. The highest BCUT2D eigenvalue weighted by Gasteiger charge is 2.63. The summed E-state index contributed by atoms with van der Waals surface area (Å²) in [5.74, 6) is 2.31. The summed E-state index contributed by atoms with van der Waals surface area (Å²) >= 11 is 0. The summed E-state index contributed by atoms with van der Waals surface area (Å²) in [6.07, 6.45) is 2.70. The normalized spacial score (nSPS) is 29.9. The molecule has 6 rings (SSSR count). The predicted molar refractivity (Wildman–Crippen MR) is 113 cm³/mol. The number of likely N-dealkylation sites (tertiary alicyclic amines) is 1. The topological polar surface area (TPSA) is 60.1 Å². The first-order valence-electron chi connectivity index (χ1n) is 11.4. The Hall–Kier alpha value is -2.37. The lowest BCUT2D eigenvalue weighted by Crippen LogP contribution is -2.49. The molecule has 158 valence electrons. The van der Waals surface area contributed by atoms with E-state index in [0.29, 0.717) is 30.2 Å². The van der Waals surface area contributed by atoms with E-state index >= 15 is 0 Å². The number of carbonyl (C=O) groups is 1. The number of amides is 1. The molecule has 2 aliphatic heterocycles. The largest absolute Gasteiger partial charge is 0.342 e. The smallest absolute Gasteiger partial charge is 0.250 e. The fourth-order valence-electron chi connectivity index (χ4n) is 6.81. The number of hydrogen-bond acceptors (Lipinski definition) is 3. The maximum Gasteiger partial charge on any atom is 0.250 e. The van der Waals surface area contributed by atoms with Gasteiger partial charge in [-0.1, -0.05) is 19.9 Å². The molecule has 2 aliphatic carbocycles. The van der Waals surface area contributed by atoms with Gasteiger partial charge in [0.1, 0.15) is 0 Å². The minimum Gasteiger partial charge on any atom is -0.342 e. The fourth-order valence-corrected chi connectivity index (χ4v) is 6.81. The van der Waals surface area contributed by atoms with Crippen LogP contribution in [0.5, 0.6) is 0 Å². The molecule has 0 unspecified atom stereocenters. The maximum absolute atomic E-state index is 13.1. The van der Waals surface area contributed by atoms with Gasteiger partial charge in [-0.2, -0.15) is 5.10 Å². The average molecular weight is 407 g/mol. The molecule has 0 spiro atoms.